The Labute approximate surface area is 286 Å². The largest absolute Gasteiger partial charge is 1.00 e. The summed E-state index contributed by atoms with van der Waals surface area (Å²) in [6.45, 7) is 37.4. The van der Waals surface area contributed by atoms with Crippen LogP contribution < -0.4 is 43.5 Å². The molecule has 0 fully saturated rings. The van der Waals surface area contributed by atoms with Gasteiger partial charge in [-0.2, -0.15) is 0 Å². The molecule has 4 nitrogen and oxygen atoms in total. The number of phosphoric ester groups is 1. The minimum atomic E-state index is -4.80. The van der Waals surface area contributed by atoms with Crippen LogP contribution >= 0.6 is 7.82 Å². The van der Waals surface area contributed by atoms with Crippen molar-refractivity contribution in [3.8, 4) is 11.5 Å². The topological polar surface area (TPSA) is 58.6 Å². The Morgan fingerprint density at radius 1 is 0.605 bits per heavy atom. The summed E-state index contributed by atoms with van der Waals surface area (Å²) in [7, 11) is -4.80. The van der Waals surface area contributed by atoms with Crippen molar-refractivity contribution < 1.29 is 48.1 Å². The van der Waals surface area contributed by atoms with Gasteiger partial charge in [0, 0.05) is 28.2 Å². The zero-order valence-electron chi connectivity index (χ0n) is 30.7. The van der Waals surface area contributed by atoms with Gasteiger partial charge in [-0.05, 0) is 50.0 Å². The zero-order chi connectivity index (χ0) is 32.6. The molecule has 236 valence electrons. The average Bonchev–Trinajstić information content (AvgIpc) is 2.68. The van der Waals surface area contributed by atoms with Gasteiger partial charge in [0.2, 0.25) is 0 Å². The first-order valence-corrected chi connectivity index (χ1v) is 17.0. The Morgan fingerprint density at radius 2 is 0.930 bits per heavy atom. The minimum absolute atomic E-state index is 0. The molecule has 0 saturated carbocycles. The van der Waals surface area contributed by atoms with E-state index in [-0.39, 0.29) is 68.0 Å². The summed E-state index contributed by atoms with van der Waals surface area (Å²) in [6, 6.07) is 8.72. The normalized spacial score (nSPS) is 20.1. The first-order valence-electron chi connectivity index (χ1n) is 15.5. The molecule has 0 atom stereocenters. The van der Waals surface area contributed by atoms with E-state index < -0.39 is 7.82 Å². The van der Waals surface area contributed by atoms with Crippen LogP contribution in [0.5, 0.6) is 11.5 Å². The van der Waals surface area contributed by atoms with Gasteiger partial charge < -0.3 is 13.9 Å². The Bertz CT molecular complexity index is 1300. The van der Waals surface area contributed by atoms with Gasteiger partial charge >= 0.3 is 37.4 Å². The van der Waals surface area contributed by atoms with E-state index in [0.29, 0.717) is 11.5 Å². The second kappa shape index (κ2) is 11.8. The van der Waals surface area contributed by atoms with Crippen molar-refractivity contribution in [1.82, 2.24) is 0 Å². The molecule has 3 rings (SSSR count). The summed E-state index contributed by atoms with van der Waals surface area (Å²) in [4.78, 5) is 13.8. The van der Waals surface area contributed by atoms with Crippen molar-refractivity contribution >= 4 is 7.82 Å². The van der Waals surface area contributed by atoms with Crippen LogP contribution in [0.1, 0.15) is 163 Å². The molecule has 0 N–H and O–H groups in total. The maximum absolute atomic E-state index is 13.8. The van der Waals surface area contributed by atoms with Crippen LogP contribution in [0.2, 0.25) is 0 Å². The van der Waals surface area contributed by atoms with E-state index in [4.69, 9.17) is 9.05 Å². The predicted octanol–water partition coefficient (Wildman–Crippen LogP) is 7.71. The molecule has 0 amide bonds. The number of phosphoric acid groups is 1. The molecular weight excluding hydrogens is 562 g/mol. The summed E-state index contributed by atoms with van der Waals surface area (Å²) in [5.74, 6) is 0.656. The van der Waals surface area contributed by atoms with E-state index in [1.807, 2.05) is 0 Å². The van der Waals surface area contributed by atoms with Crippen molar-refractivity contribution in [3.05, 3.63) is 57.6 Å². The minimum Gasteiger partial charge on any atom is -0.736 e. The molecule has 1 aliphatic heterocycles. The van der Waals surface area contributed by atoms with Crippen LogP contribution in [0, 0.1) is 10.8 Å². The maximum Gasteiger partial charge on any atom is 1.00 e. The Balaban J connectivity index is 0.00000645. The third-order valence-electron chi connectivity index (χ3n) is 8.38. The van der Waals surface area contributed by atoms with Crippen molar-refractivity contribution in [2.45, 2.75) is 152 Å². The van der Waals surface area contributed by atoms with Crippen molar-refractivity contribution in [2.75, 3.05) is 0 Å². The molecule has 0 radical (unpaired) electrons. The maximum atomic E-state index is 13.8. The molecule has 6 heteroatoms. The third kappa shape index (κ3) is 8.74. The van der Waals surface area contributed by atoms with E-state index >= 15 is 0 Å². The molecule has 0 bridgehead atoms. The second-order valence-corrected chi connectivity index (χ2v) is 19.9. The van der Waals surface area contributed by atoms with E-state index in [9.17, 15) is 9.46 Å². The number of benzene rings is 2. The van der Waals surface area contributed by atoms with Crippen LogP contribution in [0.4, 0.5) is 0 Å². The quantitative estimate of drug-likeness (QED) is 0.255. The van der Waals surface area contributed by atoms with E-state index in [1.54, 1.807) is 0 Å². The van der Waals surface area contributed by atoms with E-state index in [0.717, 1.165) is 39.8 Å². The van der Waals surface area contributed by atoms with Crippen LogP contribution in [0.15, 0.2) is 24.3 Å². The van der Waals surface area contributed by atoms with Crippen molar-refractivity contribution in [3.63, 3.8) is 0 Å². The van der Waals surface area contributed by atoms with Crippen LogP contribution in [0.25, 0.3) is 0 Å². The molecule has 1 heterocycles. The first-order chi connectivity index (χ1) is 18.4. The standard InChI is InChI=1S/C37H59O4P.Na/c1-32(2,3)22-37(16,17)29-25-18-23(33(4,5)6)20-27(35(10,11)12)30(25)40-42(38,39)41-31-26(29)19-24(34(7,8)9)21-28(31)36(13,14)15;/h18-21,29H,22H2,1-17H3,(H,38,39);/q;+1/p-1. The molecule has 0 spiro atoms. The number of hydrogen-bond donors (Lipinski definition) is 0. The zero-order valence-corrected chi connectivity index (χ0v) is 33.6. The van der Waals surface area contributed by atoms with Crippen molar-refractivity contribution in [1.29, 1.82) is 0 Å². The van der Waals surface area contributed by atoms with Gasteiger partial charge in [-0.15, -0.1) is 0 Å². The van der Waals surface area contributed by atoms with Gasteiger partial charge in [0.25, 0.3) is 0 Å². The third-order valence-corrected chi connectivity index (χ3v) is 9.19. The SMILES string of the molecule is CC(C)(C)CC(C)(C)C1c2cc(C(C)(C)C)cc(C(C)(C)C)c2OP(=O)([O-])Oc2c1cc(C(C)(C)C)cc2C(C)(C)C.[Na+]. The molecule has 2 aromatic rings. The van der Waals surface area contributed by atoms with Crippen molar-refractivity contribution in [2.24, 2.45) is 10.8 Å². The predicted molar refractivity (Wildman–Crippen MR) is 176 cm³/mol. The van der Waals surface area contributed by atoms with Gasteiger partial charge in [-0.1, -0.05) is 142 Å². The van der Waals surface area contributed by atoms with Gasteiger partial charge in [-0.25, -0.2) is 4.57 Å². The Kier molecular flexibility index (Phi) is 10.5. The fourth-order valence-corrected chi connectivity index (χ4v) is 7.53. The fourth-order valence-electron chi connectivity index (χ4n) is 6.64. The number of rotatable bonds is 2. The van der Waals surface area contributed by atoms with Gasteiger partial charge in [0.1, 0.15) is 11.5 Å². The fraction of sp³-hybridized carbons (Fsp3) is 0.676. The number of fused-ring (bicyclic) bond motifs is 2. The molecule has 0 unspecified atom stereocenters. The summed E-state index contributed by atoms with van der Waals surface area (Å²) >= 11 is 0. The Hall–Kier alpha value is -0.770. The van der Waals surface area contributed by atoms with E-state index in [2.05, 4.69) is 142 Å². The van der Waals surface area contributed by atoms with Gasteiger partial charge in [0.15, 0.2) is 0 Å². The molecule has 0 aliphatic carbocycles. The van der Waals surface area contributed by atoms with Crippen LogP contribution in [0.3, 0.4) is 0 Å². The van der Waals surface area contributed by atoms with E-state index in [1.165, 1.54) is 0 Å². The smallest absolute Gasteiger partial charge is 0.736 e. The van der Waals surface area contributed by atoms with Gasteiger partial charge in [0.05, 0.1) is 0 Å². The molecule has 43 heavy (non-hydrogen) atoms. The first kappa shape index (κ1) is 38.4. The van der Waals surface area contributed by atoms with Crippen LogP contribution in [-0.4, -0.2) is 0 Å². The summed E-state index contributed by atoms with van der Waals surface area (Å²) in [6.07, 6.45) is 0.910. The van der Waals surface area contributed by atoms with Gasteiger partial charge in [-0.3, -0.25) is 0 Å². The molecule has 1 aliphatic rings. The summed E-state index contributed by atoms with van der Waals surface area (Å²) in [5, 5.41) is 0. The monoisotopic (exact) mass is 620 g/mol. The average molecular weight is 621 g/mol. The Morgan fingerprint density at radius 3 is 1.19 bits per heavy atom. The van der Waals surface area contributed by atoms with Crippen LogP contribution in [-0.2, 0) is 26.2 Å². The second-order valence-electron chi connectivity index (χ2n) is 18.7. The number of hydrogen-bond acceptors (Lipinski definition) is 4. The molecule has 0 aromatic heterocycles. The summed E-state index contributed by atoms with van der Waals surface area (Å²) in [5.41, 5.74) is 4.66. The molecular formula is C37H58NaO4P. The molecule has 0 saturated heterocycles. The summed E-state index contributed by atoms with van der Waals surface area (Å²) < 4.78 is 26.0. The molecule has 2 aromatic carbocycles.